The standard InChI is InChI=1S/C34H54O2S/c1-31(2,3)25-19-23(29(35)27(21-25)33(7,8)9)15-13-17-37-18-14-16-24-20-26(32(4,5)6)22-28(30(24)36)34(10,11)12/h19-22,35-36H,13-18H2,1-12H3. The fraction of sp³-hybridized carbons (Fsp3) is 0.647. The lowest BCUT2D eigenvalue weighted by atomic mass is 9.78. The molecule has 0 fully saturated rings. The van der Waals surface area contributed by atoms with Crippen LogP contribution in [0.25, 0.3) is 0 Å². The van der Waals surface area contributed by atoms with Crippen LogP contribution in [0.15, 0.2) is 24.3 Å². The van der Waals surface area contributed by atoms with Crippen molar-refractivity contribution in [3.05, 3.63) is 57.6 Å². The summed E-state index contributed by atoms with van der Waals surface area (Å²) in [5, 5.41) is 22.1. The van der Waals surface area contributed by atoms with Gasteiger partial charge in [0.1, 0.15) is 11.5 Å². The summed E-state index contributed by atoms with van der Waals surface area (Å²) in [6, 6.07) is 8.82. The van der Waals surface area contributed by atoms with Crippen molar-refractivity contribution in [3.8, 4) is 11.5 Å². The SMILES string of the molecule is CC(C)(C)c1cc(CCCSCCCc2cc(C(C)(C)C)cc(C(C)(C)C)c2O)c(O)c(C(C)(C)C)c1. The highest BCUT2D eigenvalue weighted by Crippen LogP contribution is 2.39. The predicted molar refractivity (Wildman–Crippen MR) is 165 cm³/mol. The molecule has 2 rings (SSSR count). The summed E-state index contributed by atoms with van der Waals surface area (Å²) >= 11 is 1.98. The van der Waals surface area contributed by atoms with Gasteiger partial charge in [-0.3, -0.25) is 0 Å². The molecular weight excluding hydrogens is 472 g/mol. The Balaban J connectivity index is 2.00. The highest BCUT2D eigenvalue weighted by Gasteiger charge is 2.26. The summed E-state index contributed by atoms with van der Waals surface area (Å²) in [7, 11) is 0. The van der Waals surface area contributed by atoms with Gasteiger partial charge in [0.25, 0.3) is 0 Å². The molecule has 208 valence electrons. The van der Waals surface area contributed by atoms with Crippen LogP contribution in [0.1, 0.15) is 129 Å². The number of rotatable bonds is 8. The number of phenolic OH excluding ortho intramolecular Hbond substituents is 2. The van der Waals surface area contributed by atoms with Crippen LogP contribution in [-0.4, -0.2) is 21.7 Å². The lowest BCUT2D eigenvalue weighted by molar-refractivity contribution is 0.437. The van der Waals surface area contributed by atoms with E-state index in [0.29, 0.717) is 11.5 Å². The van der Waals surface area contributed by atoms with Gasteiger partial charge in [-0.05, 0) is 92.2 Å². The third-order valence-electron chi connectivity index (χ3n) is 7.20. The first-order chi connectivity index (χ1) is 16.7. The molecule has 0 amide bonds. The number of thioether (sulfide) groups is 1. The Kier molecular flexibility index (Phi) is 9.94. The first-order valence-corrected chi connectivity index (χ1v) is 15.2. The summed E-state index contributed by atoms with van der Waals surface area (Å²) in [4.78, 5) is 0. The van der Waals surface area contributed by atoms with Crippen LogP contribution in [0.3, 0.4) is 0 Å². The van der Waals surface area contributed by atoms with Crippen molar-refractivity contribution in [2.24, 2.45) is 0 Å². The van der Waals surface area contributed by atoms with Gasteiger partial charge in [-0.2, -0.15) is 11.8 Å². The zero-order chi connectivity index (χ0) is 28.4. The molecular formula is C34H54O2S. The van der Waals surface area contributed by atoms with E-state index in [1.807, 2.05) is 11.8 Å². The van der Waals surface area contributed by atoms with Gasteiger partial charge in [0.15, 0.2) is 0 Å². The van der Waals surface area contributed by atoms with Crippen LogP contribution in [0.5, 0.6) is 11.5 Å². The molecule has 0 aliphatic heterocycles. The van der Waals surface area contributed by atoms with Crippen molar-refractivity contribution in [2.45, 2.75) is 130 Å². The van der Waals surface area contributed by atoms with Crippen LogP contribution < -0.4 is 0 Å². The van der Waals surface area contributed by atoms with Gasteiger partial charge in [-0.25, -0.2) is 0 Å². The monoisotopic (exact) mass is 526 g/mol. The van der Waals surface area contributed by atoms with Crippen molar-refractivity contribution in [1.82, 2.24) is 0 Å². The Labute approximate surface area is 232 Å². The minimum Gasteiger partial charge on any atom is -0.507 e. The van der Waals surface area contributed by atoms with E-state index in [2.05, 4.69) is 107 Å². The Bertz CT molecular complexity index is 968. The van der Waals surface area contributed by atoms with Crippen LogP contribution in [0.2, 0.25) is 0 Å². The third kappa shape index (κ3) is 8.70. The fourth-order valence-corrected chi connectivity index (χ4v) is 5.51. The van der Waals surface area contributed by atoms with Gasteiger partial charge in [0.05, 0.1) is 0 Å². The molecule has 0 radical (unpaired) electrons. The summed E-state index contributed by atoms with van der Waals surface area (Å²) in [6.45, 7) is 26.5. The first kappa shape index (κ1) is 31.6. The van der Waals surface area contributed by atoms with E-state index < -0.39 is 0 Å². The first-order valence-electron chi connectivity index (χ1n) is 14.0. The van der Waals surface area contributed by atoms with E-state index >= 15 is 0 Å². The molecule has 0 aliphatic rings. The normalized spacial score (nSPS) is 13.3. The molecule has 0 bridgehead atoms. The Morgan fingerprint density at radius 2 is 0.838 bits per heavy atom. The van der Waals surface area contributed by atoms with Crippen molar-refractivity contribution >= 4 is 11.8 Å². The molecule has 2 nitrogen and oxygen atoms in total. The largest absolute Gasteiger partial charge is 0.507 e. The molecule has 0 unspecified atom stereocenters. The summed E-state index contributed by atoms with van der Waals surface area (Å²) in [5.41, 5.74) is 6.79. The maximum atomic E-state index is 11.0. The molecule has 0 heterocycles. The molecule has 2 aromatic carbocycles. The molecule has 37 heavy (non-hydrogen) atoms. The fourth-order valence-electron chi connectivity index (χ4n) is 4.61. The second kappa shape index (κ2) is 11.6. The lowest BCUT2D eigenvalue weighted by Gasteiger charge is -2.27. The van der Waals surface area contributed by atoms with Gasteiger partial charge in [-0.15, -0.1) is 0 Å². The molecule has 0 spiro atoms. The third-order valence-corrected chi connectivity index (χ3v) is 8.35. The molecule has 0 atom stereocenters. The number of aromatic hydroxyl groups is 2. The van der Waals surface area contributed by atoms with E-state index in [1.54, 1.807) is 0 Å². The Morgan fingerprint density at radius 1 is 0.514 bits per heavy atom. The minimum absolute atomic E-state index is 0.0555. The van der Waals surface area contributed by atoms with Gasteiger partial charge in [-0.1, -0.05) is 107 Å². The highest BCUT2D eigenvalue weighted by molar-refractivity contribution is 7.99. The Morgan fingerprint density at radius 3 is 1.11 bits per heavy atom. The molecule has 0 saturated carbocycles. The van der Waals surface area contributed by atoms with Gasteiger partial charge >= 0.3 is 0 Å². The Hall–Kier alpha value is -1.61. The number of aryl methyl sites for hydroxylation is 2. The maximum Gasteiger partial charge on any atom is 0.122 e. The number of hydrogen-bond acceptors (Lipinski definition) is 3. The van der Waals surface area contributed by atoms with E-state index in [-0.39, 0.29) is 21.7 Å². The summed E-state index contributed by atoms with van der Waals surface area (Å²) < 4.78 is 0. The van der Waals surface area contributed by atoms with E-state index in [0.717, 1.165) is 59.4 Å². The molecule has 2 aromatic rings. The zero-order valence-corrected chi connectivity index (χ0v) is 26.7. The van der Waals surface area contributed by atoms with Gasteiger partial charge in [0.2, 0.25) is 0 Å². The van der Waals surface area contributed by atoms with E-state index in [1.165, 1.54) is 11.1 Å². The summed E-state index contributed by atoms with van der Waals surface area (Å²) in [6.07, 6.45) is 3.90. The number of benzene rings is 2. The van der Waals surface area contributed by atoms with Crippen LogP contribution in [-0.2, 0) is 34.5 Å². The summed E-state index contributed by atoms with van der Waals surface area (Å²) in [5.74, 6) is 3.11. The second-order valence-corrected chi connectivity index (χ2v) is 16.1. The quantitative estimate of drug-likeness (QED) is 0.336. The molecule has 0 aliphatic carbocycles. The predicted octanol–water partition coefficient (Wildman–Crippen LogP) is 9.59. The number of hydrogen-bond donors (Lipinski definition) is 2. The molecule has 2 N–H and O–H groups in total. The van der Waals surface area contributed by atoms with Crippen LogP contribution in [0, 0.1) is 0 Å². The van der Waals surface area contributed by atoms with E-state index in [9.17, 15) is 10.2 Å². The van der Waals surface area contributed by atoms with Crippen molar-refractivity contribution in [1.29, 1.82) is 0 Å². The zero-order valence-electron chi connectivity index (χ0n) is 25.9. The molecule has 0 aromatic heterocycles. The average Bonchev–Trinajstić information content (AvgIpc) is 2.71. The topological polar surface area (TPSA) is 40.5 Å². The van der Waals surface area contributed by atoms with Crippen molar-refractivity contribution in [2.75, 3.05) is 11.5 Å². The average molecular weight is 527 g/mol. The van der Waals surface area contributed by atoms with E-state index in [4.69, 9.17) is 0 Å². The highest BCUT2D eigenvalue weighted by atomic mass is 32.2. The molecule has 3 heteroatoms. The van der Waals surface area contributed by atoms with Gasteiger partial charge in [0, 0.05) is 0 Å². The number of phenols is 2. The maximum absolute atomic E-state index is 11.0. The minimum atomic E-state index is -0.0858. The van der Waals surface area contributed by atoms with Crippen molar-refractivity contribution in [3.63, 3.8) is 0 Å². The second-order valence-electron chi connectivity index (χ2n) is 14.9. The lowest BCUT2D eigenvalue weighted by Crippen LogP contribution is -2.17. The van der Waals surface area contributed by atoms with Crippen LogP contribution in [0.4, 0.5) is 0 Å². The van der Waals surface area contributed by atoms with Crippen molar-refractivity contribution < 1.29 is 10.2 Å². The van der Waals surface area contributed by atoms with Crippen LogP contribution >= 0.6 is 11.8 Å². The smallest absolute Gasteiger partial charge is 0.122 e. The molecule has 0 saturated heterocycles. The van der Waals surface area contributed by atoms with Gasteiger partial charge < -0.3 is 10.2 Å².